The average Bonchev–Trinajstić information content (AvgIpc) is 3.98. The number of aromatic amines is 1. The predicted molar refractivity (Wildman–Crippen MR) is 223 cm³/mol. The second kappa shape index (κ2) is 19.3. The number of carbonyl (C=O) groups is 5. The Labute approximate surface area is 338 Å². The highest BCUT2D eigenvalue weighted by atomic mass is 32.1. The first kappa shape index (κ1) is 41.5. The second-order valence-electron chi connectivity index (χ2n) is 14.5. The Balaban J connectivity index is 1.30. The number of hydrogen-bond donors (Lipinski definition) is 9. The van der Waals surface area contributed by atoms with Gasteiger partial charge in [-0.2, -0.15) is 0 Å². The molecule has 0 bridgehead atoms. The van der Waals surface area contributed by atoms with Crippen LogP contribution in [0, 0.1) is 0 Å². The van der Waals surface area contributed by atoms with Crippen molar-refractivity contribution in [1.82, 2.24) is 31.6 Å². The molecule has 1 aliphatic heterocycles. The van der Waals surface area contributed by atoms with Crippen molar-refractivity contribution in [3.63, 3.8) is 0 Å². The SMILES string of the molecule is NCCCCC(N)C(=O)N[C@@H](Cc1cccs1)C(=O)N[C@H](Cc1c[nH]c2ccccc12)C(=O)N[C@H](Cc1csc2ccccc12)C(=O)NC1(C(=O)O)CCNCC1. The third kappa shape index (κ3) is 10.4. The van der Waals surface area contributed by atoms with Crippen molar-refractivity contribution in [2.75, 3.05) is 19.6 Å². The highest BCUT2D eigenvalue weighted by molar-refractivity contribution is 7.17. The van der Waals surface area contributed by atoms with E-state index in [1.807, 2.05) is 71.4 Å². The van der Waals surface area contributed by atoms with Gasteiger partial charge in [-0.3, -0.25) is 19.2 Å². The Morgan fingerprint density at radius 1 is 0.754 bits per heavy atom. The van der Waals surface area contributed by atoms with E-state index in [0.717, 1.165) is 37.0 Å². The molecule has 5 aromatic rings. The number of aromatic nitrogens is 1. The topological polar surface area (TPSA) is 234 Å². The van der Waals surface area contributed by atoms with Gasteiger partial charge in [0.1, 0.15) is 23.7 Å². The molecule has 1 aliphatic rings. The normalized spacial score (nSPS) is 16.0. The summed E-state index contributed by atoms with van der Waals surface area (Å²) in [4.78, 5) is 73.1. The van der Waals surface area contributed by atoms with Crippen LogP contribution < -0.4 is 38.1 Å². The van der Waals surface area contributed by atoms with E-state index in [9.17, 15) is 29.1 Å². The number of H-pyrrole nitrogens is 1. The van der Waals surface area contributed by atoms with Crippen LogP contribution in [0.4, 0.5) is 0 Å². The van der Waals surface area contributed by atoms with Crippen LogP contribution in [0.5, 0.6) is 0 Å². The summed E-state index contributed by atoms with van der Waals surface area (Å²) in [5, 5.41) is 30.4. The van der Waals surface area contributed by atoms with Gasteiger partial charge in [-0.05, 0) is 90.8 Å². The molecule has 3 aromatic heterocycles. The lowest BCUT2D eigenvalue weighted by atomic mass is 9.87. The van der Waals surface area contributed by atoms with Gasteiger partial charge in [0.15, 0.2) is 0 Å². The van der Waals surface area contributed by atoms with Gasteiger partial charge in [0.25, 0.3) is 0 Å². The third-order valence-corrected chi connectivity index (χ3v) is 12.4. The summed E-state index contributed by atoms with van der Waals surface area (Å²) >= 11 is 2.94. The van der Waals surface area contributed by atoms with Crippen molar-refractivity contribution in [3.8, 4) is 0 Å². The molecule has 57 heavy (non-hydrogen) atoms. The quantitative estimate of drug-likeness (QED) is 0.0557. The Bertz CT molecular complexity index is 2160. The number of fused-ring (bicyclic) bond motifs is 2. The van der Waals surface area contributed by atoms with Gasteiger partial charge in [-0.1, -0.05) is 48.9 Å². The van der Waals surface area contributed by atoms with E-state index in [2.05, 4.69) is 31.6 Å². The molecule has 1 unspecified atom stereocenters. The zero-order chi connectivity index (χ0) is 40.4. The third-order valence-electron chi connectivity index (χ3n) is 10.5. The van der Waals surface area contributed by atoms with Crippen LogP contribution in [0.2, 0.25) is 0 Å². The summed E-state index contributed by atoms with van der Waals surface area (Å²) in [6.07, 6.45) is 4.15. The summed E-state index contributed by atoms with van der Waals surface area (Å²) in [7, 11) is 0. The molecule has 0 saturated carbocycles. The summed E-state index contributed by atoms with van der Waals surface area (Å²) in [5.74, 6) is -3.54. The van der Waals surface area contributed by atoms with Crippen molar-refractivity contribution in [2.45, 2.75) is 81.1 Å². The fraction of sp³-hybridized carbons (Fsp3) is 0.390. The van der Waals surface area contributed by atoms with E-state index in [-0.39, 0.29) is 32.1 Å². The molecule has 1 fully saturated rings. The smallest absolute Gasteiger partial charge is 0.329 e. The number of benzene rings is 2. The number of amides is 4. The Hall–Kier alpha value is -5.13. The van der Waals surface area contributed by atoms with Gasteiger partial charge in [0.2, 0.25) is 23.6 Å². The van der Waals surface area contributed by atoms with Crippen LogP contribution in [0.25, 0.3) is 21.0 Å². The van der Waals surface area contributed by atoms with Gasteiger partial charge < -0.3 is 48.1 Å². The van der Waals surface area contributed by atoms with E-state index in [0.29, 0.717) is 38.9 Å². The van der Waals surface area contributed by atoms with Crippen LogP contribution >= 0.6 is 22.7 Å². The molecule has 6 rings (SSSR count). The lowest BCUT2D eigenvalue weighted by Crippen LogP contribution is -2.64. The number of hydrogen-bond acceptors (Lipinski definition) is 10. The zero-order valence-electron chi connectivity index (χ0n) is 31.6. The molecule has 4 atom stereocenters. The van der Waals surface area contributed by atoms with Crippen LogP contribution in [-0.4, -0.2) is 89.0 Å². The minimum Gasteiger partial charge on any atom is -0.480 e. The number of thiophene rings is 2. The van der Waals surface area contributed by atoms with E-state index < -0.39 is 59.3 Å². The molecular weight excluding hydrogens is 765 g/mol. The number of para-hydroxylation sites is 1. The maximum Gasteiger partial charge on any atom is 0.329 e. The number of aliphatic carboxylic acids is 1. The number of carboxylic acid groups (broad SMARTS) is 1. The largest absolute Gasteiger partial charge is 0.480 e. The molecule has 0 aliphatic carbocycles. The van der Waals surface area contributed by atoms with Gasteiger partial charge >= 0.3 is 5.97 Å². The van der Waals surface area contributed by atoms with Crippen LogP contribution in [0.1, 0.15) is 48.1 Å². The number of rotatable bonds is 19. The molecule has 11 N–H and O–H groups in total. The van der Waals surface area contributed by atoms with E-state index in [4.69, 9.17) is 11.5 Å². The Kier molecular flexibility index (Phi) is 14.1. The summed E-state index contributed by atoms with van der Waals surface area (Å²) in [6.45, 7) is 1.28. The first-order chi connectivity index (χ1) is 27.6. The predicted octanol–water partition coefficient (Wildman–Crippen LogP) is 2.71. The van der Waals surface area contributed by atoms with Crippen LogP contribution in [0.3, 0.4) is 0 Å². The monoisotopic (exact) mass is 814 g/mol. The molecule has 1 saturated heterocycles. The number of unbranched alkanes of at least 4 members (excludes halogenated alkanes) is 1. The molecule has 0 spiro atoms. The van der Waals surface area contributed by atoms with E-state index in [1.165, 1.54) is 22.7 Å². The summed E-state index contributed by atoms with van der Waals surface area (Å²) in [5.41, 5.74) is 12.7. The van der Waals surface area contributed by atoms with E-state index >= 15 is 0 Å². The van der Waals surface area contributed by atoms with Gasteiger partial charge in [-0.25, -0.2) is 4.79 Å². The summed E-state index contributed by atoms with van der Waals surface area (Å²) < 4.78 is 1.00. The molecule has 16 heteroatoms. The van der Waals surface area contributed by atoms with Gasteiger partial charge in [-0.15, -0.1) is 22.7 Å². The first-order valence-electron chi connectivity index (χ1n) is 19.2. The molecule has 0 radical (unpaired) electrons. The minimum atomic E-state index is -1.52. The van der Waals surface area contributed by atoms with Gasteiger partial charge in [0.05, 0.1) is 6.04 Å². The number of carboxylic acids is 1. The average molecular weight is 815 g/mol. The van der Waals surface area contributed by atoms with Crippen LogP contribution in [-0.2, 0) is 43.2 Å². The Morgan fingerprint density at radius 2 is 1.40 bits per heavy atom. The van der Waals surface area contributed by atoms with Crippen molar-refractivity contribution in [2.24, 2.45) is 11.5 Å². The minimum absolute atomic E-state index is 0.0420. The number of carbonyl (C=O) groups excluding carboxylic acids is 4. The summed E-state index contributed by atoms with van der Waals surface area (Å²) in [6, 6.07) is 14.7. The van der Waals surface area contributed by atoms with Crippen LogP contribution in [0.15, 0.2) is 77.6 Å². The standard InChI is InChI=1S/C41H50N8O6S2/c42-16-6-5-11-30(43)36(50)46-34(22-27-8-7-19-56-27)38(52)47-32(20-25-23-45-31-12-3-1-9-28(25)31)37(51)48-33(21-26-24-57-35-13-4-2-10-29(26)35)39(53)49-41(40(54)55)14-17-44-18-15-41/h1-4,7-10,12-13,19,23-24,30,32-34,44-45H,5-6,11,14-18,20-22,42-43H2,(H,46,50)(H,47,52)(H,48,51)(H,49,53)(H,54,55)/t30?,32-,33-,34+/m1/s1. The molecule has 302 valence electrons. The highest BCUT2D eigenvalue weighted by Gasteiger charge is 2.43. The number of nitrogens with one attached hydrogen (secondary N) is 6. The highest BCUT2D eigenvalue weighted by Crippen LogP contribution is 2.28. The fourth-order valence-corrected chi connectivity index (χ4v) is 8.95. The molecular formula is C41H50N8O6S2. The van der Waals surface area contributed by atoms with Gasteiger partial charge in [0, 0.05) is 45.9 Å². The van der Waals surface area contributed by atoms with Crippen molar-refractivity contribution in [3.05, 3.63) is 93.6 Å². The lowest BCUT2D eigenvalue weighted by Gasteiger charge is -2.36. The lowest BCUT2D eigenvalue weighted by molar-refractivity contribution is -0.149. The molecule has 4 heterocycles. The first-order valence-corrected chi connectivity index (χ1v) is 21.0. The Morgan fingerprint density at radius 3 is 2.11 bits per heavy atom. The van der Waals surface area contributed by atoms with Crippen molar-refractivity contribution >= 4 is 73.3 Å². The maximum atomic E-state index is 14.6. The number of piperidine rings is 1. The molecule has 2 aromatic carbocycles. The number of nitrogens with two attached hydrogens (primary N) is 2. The second-order valence-corrected chi connectivity index (χ2v) is 16.5. The fourth-order valence-electron chi connectivity index (χ4n) is 7.22. The van der Waals surface area contributed by atoms with Crippen molar-refractivity contribution in [1.29, 1.82) is 0 Å². The zero-order valence-corrected chi connectivity index (χ0v) is 33.2. The maximum absolute atomic E-state index is 14.6. The van der Waals surface area contributed by atoms with E-state index in [1.54, 1.807) is 6.20 Å². The molecule has 4 amide bonds. The molecule has 14 nitrogen and oxygen atoms in total. The van der Waals surface area contributed by atoms with Crippen molar-refractivity contribution < 1.29 is 29.1 Å².